The first kappa shape index (κ1) is 19.6. The molecule has 0 atom stereocenters. The highest BCUT2D eigenvalue weighted by molar-refractivity contribution is 5.93. The van der Waals surface area contributed by atoms with Gasteiger partial charge in [-0.15, -0.1) is 0 Å². The Labute approximate surface area is 181 Å². The van der Waals surface area contributed by atoms with Crippen molar-refractivity contribution in [2.45, 2.75) is 6.54 Å². The highest BCUT2D eigenvalue weighted by Crippen LogP contribution is 2.32. The van der Waals surface area contributed by atoms with Crippen LogP contribution < -0.4 is 15.0 Å². The van der Waals surface area contributed by atoms with Crippen LogP contribution in [0.2, 0.25) is 0 Å². The van der Waals surface area contributed by atoms with E-state index in [-0.39, 0.29) is 5.82 Å². The van der Waals surface area contributed by atoms with Crippen molar-refractivity contribution in [3.8, 4) is 16.9 Å². The molecule has 0 spiro atoms. The maximum absolute atomic E-state index is 13.7. The molecule has 1 aliphatic rings. The van der Waals surface area contributed by atoms with Crippen LogP contribution in [0.5, 0.6) is 5.75 Å². The van der Waals surface area contributed by atoms with E-state index in [0.29, 0.717) is 6.54 Å². The van der Waals surface area contributed by atoms with E-state index in [4.69, 9.17) is 9.84 Å². The third-order valence-electron chi connectivity index (χ3n) is 5.75. The quantitative estimate of drug-likeness (QED) is 0.527. The molecule has 0 bridgehead atoms. The minimum atomic E-state index is -0.234. The highest BCUT2D eigenvalue weighted by Gasteiger charge is 2.20. The molecule has 5 rings (SSSR count). The number of anilines is 1. The second kappa shape index (κ2) is 8.40. The number of rotatable bonds is 5. The molecule has 158 valence electrons. The van der Waals surface area contributed by atoms with Crippen LogP contribution in [-0.2, 0) is 6.54 Å². The summed E-state index contributed by atoms with van der Waals surface area (Å²) in [7, 11) is 1.68. The molecule has 1 fully saturated rings. The Morgan fingerprint density at radius 1 is 0.968 bits per heavy atom. The lowest BCUT2D eigenvalue weighted by Crippen LogP contribution is -2.44. The summed E-state index contributed by atoms with van der Waals surface area (Å²) in [6.07, 6.45) is 0. The van der Waals surface area contributed by atoms with Gasteiger partial charge in [0, 0.05) is 31.6 Å². The van der Waals surface area contributed by atoms with Gasteiger partial charge in [0.05, 0.1) is 19.2 Å². The van der Waals surface area contributed by atoms with Gasteiger partial charge >= 0.3 is 0 Å². The minimum Gasteiger partial charge on any atom is -0.497 e. The Morgan fingerprint density at radius 3 is 2.58 bits per heavy atom. The lowest BCUT2D eigenvalue weighted by molar-refractivity contribution is 0.414. The van der Waals surface area contributed by atoms with Crippen LogP contribution in [0.25, 0.3) is 22.0 Å². The average Bonchev–Trinajstić information content (AvgIpc) is 3.16. The third-order valence-corrected chi connectivity index (χ3v) is 5.75. The zero-order chi connectivity index (χ0) is 21.2. The number of fused-ring (bicyclic) bond motifs is 1. The van der Waals surface area contributed by atoms with E-state index in [1.165, 1.54) is 6.07 Å². The van der Waals surface area contributed by atoms with Gasteiger partial charge in [-0.3, -0.25) is 0 Å². The number of hydrogen-bond donors (Lipinski definition) is 1. The second-order valence-corrected chi connectivity index (χ2v) is 7.81. The molecule has 5 nitrogen and oxygen atoms in total. The van der Waals surface area contributed by atoms with Crippen LogP contribution in [0.3, 0.4) is 0 Å². The monoisotopic (exact) mass is 416 g/mol. The van der Waals surface area contributed by atoms with Gasteiger partial charge in [0.2, 0.25) is 0 Å². The molecule has 4 aromatic rings. The van der Waals surface area contributed by atoms with Gasteiger partial charge in [-0.1, -0.05) is 30.3 Å². The molecule has 0 unspecified atom stereocenters. The van der Waals surface area contributed by atoms with Gasteiger partial charge in [-0.05, 0) is 53.1 Å². The van der Waals surface area contributed by atoms with Crippen LogP contribution in [-0.4, -0.2) is 43.1 Å². The smallest absolute Gasteiger partial charge is 0.135 e. The first-order valence-electron chi connectivity index (χ1n) is 10.6. The SMILES string of the molecule is COc1cccc(Cn2nc3cc(-c4cccc(F)c4)ccc3c2N2CCNCC2)c1. The van der Waals surface area contributed by atoms with E-state index in [9.17, 15) is 4.39 Å². The second-order valence-electron chi connectivity index (χ2n) is 7.81. The van der Waals surface area contributed by atoms with E-state index in [0.717, 1.165) is 65.3 Å². The van der Waals surface area contributed by atoms with Crippen molar-refractivity contribution in [1.29, 1.82) is 0 Å². The van der Waals surface area contributed by atoms with E-state index in [1.54, 1.807) is 19.2 Å². The first-order valence-corrected chi connectivity index (χ1v) is 10.6. The summed E-state index contributed by atoms with van der Waals surface area (Å²) >= 11 is 0. The Bertz CT molecular complexity index is 1210. The molecule has 0 radical (unpaired) electrons. The predicted molar refractivity (Wildman–Crippen MR) is 122 cm³/mol. The fourth-order valence-electron chi connectivity index (χ4n) is 4.23. The molecule has 6 heteroatoms. The van der Waals surface area contributed by atoms with Gasteiger partial charge in [0.1, 0.15) is 17.4 Å². The maximum atomic E-state index is 13.7. The molecule has 1 saturated heterocycles. The predicted octanol–water partition coefficient (Wildman–Crippen LogP) is 4.31. The van der Waals surface area contributed by atoms with Crippen LogP contribution in [0.4, 0.5) is 10.2 Å². The molecule has 3 aromatic carbocycles. The summed E-state index contributed by atoms with van der Waals surface area (Å²) in [4.78, 5) is 2.40. The summed E-state index contributed by atoms with van der Waals surface area (Å²) in [5, 5.41) is 9.50. The van der Waals surface area contributed by atoms with Gasteiger partial charge in [-0.2, -0.15) is 5.10 Å². The topological polar surface area (TPSA) is 42.3 Å². The standard InChI is InChI=1S/C25H25FN4O/c1-31-22-7-2-4-18(14-22)17-30-25(29-12-10-27-11-13-29)23-9-8-20(16-24(23)28-30)19-5-3-6-21(26)15-19/h2-9,14-16,27H,10-13,17H2,1H3. The van der Waals surface area contributed by atoms with Crippen LogP contribution in [0.1, 0.15) is 5.56 Å². The highest BCUT2D eigenvalue weighted by atomic mass is 19.1. The molecule has 1 aromatic heterocycles. The van der Waals surface area contributed by atoms with Crippen LogP contribution in [0.15, 0.2) is 66.7 Å². The summed E-state index contributed by atoms with van der Waals surface area (Å²) < 4.78 is 21.2. The maximum Gasteiger partial charge on any atom is 0.135 e. The van der Waals surface area contributed by atoms with Gasteiger partial charge < -0.3 is 15.0 Å². The Morgan fingerprint density at radius 2 is 1.77 bits per heavy atom. The number of halogens is 1. The normalized spacial score (nSPS) is 14.2. The molecule has 0 saturated carbocycles. The number of aromatic nitrogens is 2. The number of nitrogens with zero attached hydrogens (tertiary/aromatic N) is 3. The largest absolute Gasteiger partial charge is 0.497 e. The molecule has 2 heterocycles. The van der Waals surface area contributed by atoms with Gasteiger partial charge in [0.15, 0.2) is 0 Å². The van der Waals surface area contributed by atoms with Gasteiger partial charge in [0.25, 0.3) is 0 Å². The Hall–Kier alpha value is -3.38. The fourth-order valence-corrected chi connectivity index (χ4v) is 4.23. The Kier molecular flexibility index (Phi) is 5.30. The number of nitrogens with one attached hydrogen (secondary N) is 1. The lowest BCUT2D eigenvalue weighted by Gasteiger charge is -2.30. The first-order chi connectivity index (χ1) is 15.2. The van der Waals surface area contributed by atoms with Crippen molar-refractivity contribution in [1.82, 2.24) is 15.1 Å². The fraction of sp³-hybridized carbons (Fsp3) is 0.240. The summed E-state index contributed by atoms with van der Waals surface area (Å²) in [6, 6.07) is 21.0. The number of benzene rings is 3. The molecular weight excluding hydrogens is 391 g/mol. The van der Waals surface area contributed by atoms with Crippen LogP contribution >= 0.6 is 0 Å². The molecule has 1 aliphatic heterocycles. The number of methoxy groups -OCH3 is 1. The Balaban J connectivity index is 1.59. The molecular formula is C25H25FN4O. The zero-order valence-electron chi connectivity index (χ0n) is 17.5. The van der Waals surface area contributed by atoms with E-state index >= 15 is 0 Å². The number of piperazine rings is 1. The van der Waals surface area contributed by atoms with Crippen molar-refractivity contribution in [2.24, 2.45) is 0 Å². The summed E-state index contributed by atoms with van der Waals surface area (Å²) in [5.74, 6) is 1.74. The van der Waals surface area contributed by atoms with Crippen molar-refractivity contribution < 1.29 is 9.13 Å². The van der Waals surface area contributed by atoms with Crippen LogP contribution in [0, 0.1) is 5.82 Å². The summed E-state index contributed by atoms with van der Waals surface area (Å²) in [6.45, 7) is 4.43. The minimum absolute atomic E-state index is 0.234. The van der Waals surface area contributed by atoms with E-state index in [1.807, 2.05) is 24.3 Å². The summed E-state index contributed by atoms with van der Waals surface area (Å²) in [5.41, 5.74) is 3.87. The molecule has 0 amide bonds. The van der Waals surface area contributed by atoms with E-state index in [2.05, 4.69) is 39.2 Å². The third kappa shape index (κ3) is 3.99. The van der Waals surface area contributed by atoms with Crippen molar-refractivity contribution in [3.63, 3.8) is 0 Å². The zero-order valence-corrected chi connectivity index (χ0v) is 17.5. The average molecular weight is 417 g/mol. The molecule has 0 aliphatic carbocycles. The number of ether oxygens (including phenoxy) is 1. The van der Waals surface area contributed by atoms with E-state index < -0.39 is 0 Å². The lowest BCUT2D eigenvalue weighted by atomic mass is 10.0. The van der Waals surface area contributed by atoms with Crippen molar-refractivity contribution in [2.75, 3.05) is 38.2 Å². The molecule has 1 N–H and O–H groups in total. The van der Waals surface area contributed by atoms with Crippen molar-refractivity contribution >= 4 is 16.7 Å². The molecule has 31 heavy (non-hydrogen) atoms. The van der Waals surface area contributed by atoms with Crippen molar-refractivity contribution in [3.05, 3.63) is 78.1 Å². The van der Waals surface area contributed by atoms with Gasteiger partial charge in [-0.25, -0.2) is 9.07 Å². The number of hydrogen-bond acceptors (Lipinski definition) is 4.